The number of nitrogens with zero attached hydrogens (tertiary/aromatic N) is 3. The van der Waals surface area contributed by atoms with E-state index in [4.69, 9.17) is 11.6 Å². The first-order valence-electron chi connectivity index (χ1n) is 9.88. The minimum absolute atomic E-state index is 0.0867. The van der Waals surface area contributed by atoms with Crippen LogP contribution in [0, 0.1) is 29.5 Å². The summed E-state index contributed by atoms with van der Waals surface area (Å²) < 4.78 is 14.6. The molecule has 1 unspecified atom stereocenters. The molecular weight excluding hydrogens is 395 g/mol. The standard InChI is InChI=1S/C21H20ClFN4O2/c22-12-5-14-15(8-25-19(14)24-7-12)20-26-9-16(23)17(27-20)6-13-10-1-3-11(4-2-10)18(13)21(28)29/h5,7-11,13,18H,1-4,6H2,(H,24,25)(H,28,29)/t10?,11?,13?,18-/m0/s1. The summed E-state index contributed by atoms with van der Waals surface area (Å²) in [6, 6.07) is 1.77. The van der Waals surface area contributed by atoms with E-state index in [0.29, 0.717) is 34.4 Å². The molecule has 8 heteroatoms. The predicted molar refractivity (Wildman–Crippen MR) is 106 cm³/mol. The number of aromatic amines is 1. The normalized spacial score (nSPS) is 26.1. The summed E-state index contributed by atoms with van der Waals surface area (Å²) in [5.74, 6) is -0.882. The predicted octanol–water partition coefficient (Wildman–Crippen LogP) is 4.49. The maximum absolute atomic E-state index is 14.6. The Balaban J connectivity index is 1.51. The van der Waals surface area contributed by atoms with Crippen LogP contribution < -0.4 is 0 Å². The zero-order chi connectivity index (χ0) is 20.1. The van der Waals surface area contributed by atoms with E-state index in [0.717, 1.165) is 31.1 Å². The molecule has 0 spiro atoms. The number of hydrogen-bond donors (Lipinski definition) is 2. The number of hydrogen-bond acceptors (Lipinski definition) is 4. The fraction of sp³-hybridized carbons (Fsp3) is 0.429. The molecular formula is C21H20ClFN4O2. The van der Waals surface area contributed by atoms with Crippen molar-refractivity contribution < 1.29 is 14.3 Å². The summed E-state index contributed by atoms with van der Waals surface area (Å²) >= 11 is 6.07. The number of pyridine rings is 1. The number of H-pyrrole nitrogens is 1. The second kappa shape index (κ2) is 7.06. The van der Waals surface area contributed by atoms with Gasteiger partial charge < -0.3 is 10.1 Å². The molecule has 6 nitrogen and oxygen atoms in total. The van der Waals surface area contributed by atoms with Crippen molar-refractivity contribution in [3.8, 4) is 11.4 Å². The molecule has 0 radical (unpaired) electrons. The van der Waals surface area contributed by atoms with Gasteiger partial charge in [-0.25, -0.2) is 19.3 Å². The number of rotatable bonds is 4. The van der Waals surface area contributed by atoms with Gasteiger partial charge in [0.15, 0.2) is 11.6 Å². The fourth-order valence-corrected chi connectivity index (χ4v) is 5.47. The van der Waals surface area contributed by atoms with Crippen LogP contribution in [-0.4, -0.2) is 31.0 Å². The van der Waals surface area contributed by atoms with Crippen LogP contribution in [0.3, 0.4) is 0 Å². The number of fused-ring (bicyclic) bond motifs is 4. The molecule has 0 saturated heterocycles. The van der Waals surface area contributed by atoms with E-state index in [1.807, 2.05) is 0 Å². The second-order valence-electron chi connectivity index (χ2n) is 8.15. The minimum Gasteiger partial charge on any atom is -0.481 e. The van der Waals surface area contributed by atoms with Crippen LogP contribution in [-0.2, 0) is 11.2 Å². The van der Waals surface area contributed by atoms with Crippen LogP contribution in [0.15, 0.2) is 24.7 Å². The highest BCUT2D eigenvalue weighted by molar-refractivity contribution is 6.31. The lowest BCUT2D eigenvalue weighted by Crippen LogP contribution is -2.45. The molecule has 2 N–H and O–H groups in total. The van der Waals surface area contributed by atoms with Gasteiger partial charge in [-0.3, -0.25) is 4.79 Å². The van der Waals surface area contributed by atoms with Crippen molar-refractivity contribution in [2.75, 3.05) is 0 Å². The lowest BCUT2D eigenvalue weighted by Gasteiger charge is -2.46. The number of nitrogens with one attached hydrogen (secondary N) is 1. The Bertz CT molecular complexity index is 1090. The van der Waals surface area contributed by atoms with Crippen LogP contribution in [0.2, 0.25) is 5.02 Å². The topological polar surface area (TPSA) is 91.8 Å². The van der Waals surface area contributed by atoms with E-state index < -0.39 is 17.7 Å². The highest BCUT2D eigenvalue weighted by atomic mass is 35.5. The van der Waals surface area contributed by atoms with Crippen LogP contribution in [0.4, 0.5) is 4.39 Å². The van der Waals surface area contributed by atoms with Crippen LogP contribution >= 0.6 is 11.6 Å². The van der Waals surface area contributed by atoms with E-state index in [1.165, 1.54) is 6.20 Å². The Morgan fingerprint density at radius 1 is 1.21 bits per heavy atom. The van der Waals surface area contributed by atoms with Crippen molar-refractivity contribution in [2.45, 2.75) is 32.1 Å². The lowest BCUT2D eigenvalue weighted by molar-refractivity contribution is -0.152. The number of carboxylic acid groups (broad SMARTS) is 1. The van der Waals surface area contributed by atoms with Gasteiger partial charge in [0, 0.05) is 23.3 Å². The van der Waals surface area contributed by atoms with Gasteiger partial charge in [0.25, 0.3) is 0 Å². The highest BCUT2D eigenvalue weighted by Gasteiger charge is 2.47. The van der Waals surface area contributed by atoms with Gasteiger partial charge in [-0.15, -0.1) is 0 Å². The molecule has 3 heterocycles. The average Bonchev–Trinajstić information content (AvgIpc) is 3.13. The van der Waals surface area contributed by atoms with E-state index in [-0.39, 0.29) is 17.5 Å². The summed E-state index contributed by atoms with van der Waals surface area (Å²) in [7, 11) is 0. The molecule has 3 saturated carbocycles. The molecule has 29 heavy (non-hydrogen) atoms. The number of carbonyl (C=O) groups is 1. The van der Waals surface area contributed by atoms with Gasteiger partial charge >= 0.3 is 5.97 Å². The third-order valence-electron chi connectivity index (χ3n) is 6.66. The van der Waals surface area contributed by atoms with Crippen molar-refractivity contribution in [1.29, 1.82) is 0 Å². The second-order valence-corrected chi connectivity index (χ2v) is 8.58. The maximum atomic E-state index is 14.6. The van der Waals surface area contributed by atoms with Crippen LogP contribution in [0.1, 0.15) is 31.4 Å². The zero-order valence-corrected chi connectivity index (χ0v) is 16.4. The van der Waals surface area contributed by atoms with E-state index >= 15 is 0 Å². The Morgan fingerprint density at radius 2 is 1.97 bits per heavy atom. The third-order valence-corrected chi connectivity index (χ3v) is 6.87. The first kappa shape index (κ1) is 18.5. The molecule has 3 fully saturated rings. The first-order chi connectivity index (χ1) is 14.0. The molecule has 3 aliphatic rings. The van der Waals surface area contributed by atoms with Crippen LogP contribution in [0.25, 0.3) is 22.4 Å². The Hall–Kier alpha value is -2.54. The molecule has 150 valence electrons. The van der Waals surface area contributed by atoms with E-state index in [2.05, 4.69) is 19.9 Å². The minimum atomic E-state index is -0.767. The summed E-state index contributed by atoms with van der Waals surface area (Å²) in [4.78, 5) is 27.9. The summed E-state index contributed by atoms with van der Waals surface area (Å²) in [5.41, 5.74) is 1.62. The molecule has 0 aliphatic heterocycles. The Kier molecular flexibility index (Phi) is 4.50. The van der Waals surface area contributed by atoms with Crippen molar-refractivity contribution in [3.05, 3.63) is 41.2 Å². The van der Waals surface area contributed by atoms with Crippen LogP contribution in [0.5, 0.6) is 0 Å². The molecule has 6 rings (SSSR count). The van der Waals surface area contributed by atoms with Crippen molar-refractivity contribution in [1.82, 2.24) is 19.9 Å². The van der Waals surface area contributed by atoms with Gasteiger partial charge in [0.2, 0.25) is 0 Å². The van der Waals surface area contributed by atoms with Crippen molar-refractivity contribution in [3.63, 3.8) is 0 Å². The Morgan fingerprint density at radius 3 is 2.72 bits per heavy atom. The van der Waals surface area contributed by atoms with Gasteiger partial charge in [0.05, 0.1) is 22.8 Å². The average molecular weight is 415 g/mol. The van der Waals surface area contributed by atoms with Gasteiger partial charge in [-0.05, 0) is 55.9 Å². The quantitative estimate of drug-likeness (QED) is 0.656. The fourth-order valence-electron chi connectivity index (χ4n) is 5.31. The molecule has 2 bridgehead atoms. The van der Waals surface area contributed by atoms with Gasteiger partial charge in [-0.2, -0.15) is 0 Å². The van der Waals surface area contributed by atoms with E-state index in [1.54, 1.807) is 18.5 Å². The molecule has 3 aromatic rings. The van der Waals surface area contributed by atoms with Crippen molar-refractivity contribution >= 4 is 28.6 Å². The lowest BCUT2D eigenvalue weighted by atomic mass is 9.57. The smallest absolute Gasteiger partial charge is 0.307 e. The summed E-state index contributed by atoms with van der Waals surface area (Å²) in [5, 5.41) is 11.0. The molecule has 0 amide bonds. The third kappa shape index (κ3) is 3.17. The molecule has 0 aromatic carbocycles. The highest BCUT2D eigenvalue weighted by Crippen LogP contribution is 2.50. The summed E-state index contributed by atoms with van der Waals surface area (Å²) in [6.07, 6.45) is 8.72. The van der Waals surface area contributed by atoms with Gasteiger partial charge in [-0.1, -0.05) is 11.6 Å². The molecule has 3 aliphatic carbocycles. The maximum Gasteiger partial charge on any atom is 0.307 e. The van der Waals surface area contributed by atoms with Crippen molar-refractivity contribution in [2.24, 2.45) is 23.7 Å². The monoisotopic (exact) mass is 414 g/mol. The number of aromatic nitrogens is 4. The van der Waals surface area contributed by atoms with E-state index in [9.17, 15) is 14.3 Å². The summed E-state index contributed by atoms with van der Waals surface area (Å²) in [6.45, 7) is 0. The Labute approximate surface area is 171 Å². The SMILES string of the molecule is O=C(O)[C@H]1C2CCC(CC2)C1Cc1nc(-c2c[nH]c3ncc(Cl)cc23)ncc1F. The number of aliphatic carboxylic acids is 1. The first-order valence-corrected chi connectivity index (χ1v) is 10.3. The molecule has 2 atom stereocenters. The number of carboxylic acids is 1. The van der Waals surface area contributed by atoms with Gasteiger partial charge in [0.1, 0.15) is 5.65 Å². The zero-order valence-electron chi connectivity index (χ0n) is 15.6. The largest absolute Gasteiger partial charge is 0.481 e. The number of halogens is 2. The molecule has 3 aromatic heterocycles.